The van der Waals surface area contributed by atoms with Gasteiger partial charge in [0.15, 0.2) is 5.78 Å². The molecule has 176 valence electrons. The second-order valence-corrected chi connectivity index (χ2v) is 9.51. The second kappa shape index (κ2) is 9.14. The summed E-state index contributed by atoms with van der Waals surface area (Å²) in [4.78, 5) is 25.8. The van der Waals surface area contributed by atoms with Crippen LogP contribution in [-0.2, 0) is 19.6 Å². The number of carbonyl (C=O) groups excluding carboxylic acids is 2. The van der Waals surface area contributed by atoms with Crippen molar-refractivity contribution in [1.29, 1.82) is 0 Å². The lowest BCUT2D eigenvalue weighted by atomic mass is 9.78. The van der Waals surface area contributed by atoms with Crippen LogP contribution in [0, 0.1) is 5.41 Å². The monoisotopic (exact) mass is 475 g/mol. The molecule has 2 aromatic carbocycles. The van der Waals surface area contributed by atoms with Gasteiger partial charge in [0.25, 0.3) is 10.0 Å². The first-order valence-electron chi connectivity index (χ1n) is 9.89. The van der Waals surface area contributed by atoms with Crippen LogP contribution in [0.25, 0.3) is 0 Å². The average molecular weight is 476 g/mol. The average Bonchev–Trinajstić information content (AvgIpc) is 2.82. The Kier molecular flexibility index (Phi) is 6.68. The number of rotatable bonds is 7. The number of methoxy groups -OCH3 is 3. The van der Waals surface area contributed by atoms with Gasteiger partial charge in [-0.1, -0.05) is 0 Å². The molecule has 1 atom stereocenters. The number of carbonyl (C=O) groups is 2. The molecule has 9 nitrogen and oxygen atoms in total. The molecule has 0 amide bonds. The summed E-state index contributed by atoms with van der Waals surface area (Å²) in [6.07, 6.45) is -0.0587. The summed E-state index contributed by atoms with van der Waals surface area (Å²) in [5.74, 6) is 0.0387. The summed E-state index contributed by atoms with van der Waals surface area (Å²) in [6, 6.07) is 10.4. The molecule has 0 bridgehead atoms. The number of nitrogens with one attached hydrogen (secondary N) is 1. The molecule has 1 N–H and O–H groups in total. The van der Waals surface area contributed by atoms with Crippen LogP contribution in [0.15, 0.2) is 59.1 Å². The van der Waals surface area contributed by atoms with E-state index in [1.165, 1.54) is 51.7 Å². The van der Waals surface area contributed by atoms with Gasteiger partial charge in [-0.15, -0.1) is 0 Å². The zero-order chi connectivity index (χ0) is 24.4. The van der Waals surface area contributed by atoms with Crippen LogP contribution in [0.4, 0.5) is 0 Å². The van der Waals surface area contributed by atoms with Crippen molar-refractivity contribution in [3.63, 3.8) is 0 Å². The third-order valence-corrected chi connectivity index (χ3v) is 6.65. The number of hydrogen-bond donors (Lipinski definition) is 1. The highest BCUT2D eigenvalue weighted by molar-refractivity contribution is 7.89. The summed E-state index contributed by atoms with van der Waals surface area (Å²) in [5.41, 5.74) is -1.18. The predicted octanol–water partition coefficient (Wildman–Crippen LogP) is 2.71. The molecule has 0 saturated heterocycles. The topological polar surface area (TPSA) is 117 Å². The highest BCUT2D eigenvalue weighted by atomic mass is 32.2. The standard InChI is InChI=1S/C23H25NO8S/c1-23(2,22(26)31-5)21-18(20(25)17-12-15(30-4)8-11-19(17)32-21)13-24-33(27,28)16-9-6-14(29-3)7-10-16/h6-13,21,24H,1-5H3/b18-13+. The molecule has 0 aromatic heterocycles. The van der Waals surface area contributed by atoms with E-state index in [4.69, 9.17) is 18.9 Å². The van der Waals surface area contributed by atoms with E-state index in [1.54, 1.807) is 26.0 Å². The summed E-state index contributed by atoms with van der Waals surface area (Å²) < 4.78 is 49.1. The molecule has 1 aliphatic heterocycles. The maximum atomic E-state index is 13.4. The highest BCUT2D eigenvalue weighted by Gasteiger charge is 2.47. The Labute approximate surface area is 192 Å². The summed E-state index contributed by atoms with van der Waals surface area (Å²) >= 11 is 0. The number of benzene rings is 2. The van der Waals surface area contributed by atoms with E-state index in [0.717, 1.165) is 6.20 Å². The van der Waals surface area contributed by atoms with Gasteiger partial charge in [0.05, 0.1) is 37.4 Å². The minimum atomic E-state index is -4.02. The quantitative estimate of drug-likeness (QED) is 0.480. The SMILES string of the molecule is COC(=O)C(C)(C)C1Oc2ccc(OC)cc2C(=O)/C1=C\NS(=O)(=O)c1ccc(OC)cc1. The molecule has 0 saturated carbocycles. The van der Waals surface area contributed by atoms with Crippen molar-refractivity contribution in [2.45, 2.75) is 24.8 Å². The van der Waals surface area contributed by atoms with E-state index in [9.17, 15) is 18.0 Å². The molecule has 0 radical (unpaired) electrons. The van der Waals surface area contributed by atoms with Crippen molar-refractivity contribution in [2.75, 3.05) is 21.3 Å². The second-order valence-electron chi connectivity index (χ2n) is 7.80. The lowest BCUT2D eigenvalue weighted by Gasteiger charge is -2.36. The maximum absolute atomic E-state index is 13.4. The van der Waals surface area contributed by atoms with Gasteiger partial charge in [-0.25, -0.2) is 8.42 Å². The van der Waals surface area contributed by atoms with Crippen molar-refractivity contribution in [3.8, 4) is 17.2 Å². The van der Waals surface area contributed by atoms with Gasteiger partial charge in [-0.05, 0) is 56.3 Å². The van der Waals surface area contributed by atoms with E-state index in [0.29, 0.717) is 11.5 Å². The van der Waals surface area contributed by atoms with Crippen molar-refractivity contribution in [3.05, 3.63) is 59.8 Å². The van der Waals surface area contributed by atoms with Crippen LogP contribution in [0.5, 0.6) is 17.2 Å². The molecular weight excluding hydrogens is 450 g/mol. The van der Waals surface area contributed by atoms with Crippen LogP contribution in [0.2, 0.25) is 0 Å². The van der Waals surface area contributed by atoms with Crippen LogP contribution < -0.4 is 18.9 Å². The van der Waals surface area contributed by atoms with Crippen molar-refractivity contribution in [2.24, 2.45) is 5.41 Å². The zero-order valence-corrected chi connectivity index (χ0v) is 19.7. The minimum absolute atomic E-state index is 0.0322. The predicted molar refractivity (Wildman–Crippen MR) is 119 cm³/mol. The van der Waals surface area contributed by atoms with Gasteiger partial charge in [0.1, 0.15) is 28.8 Å². The number of hydrogen-bond acceptors (Lipinski definition) is 8. The molecule has 10 heteroatoms. The third kappa shape index (κ3) is 4.65. The lowest BCUT2D eigenvalue weighted by molar-refractivity contribution is -0.154. The zero-order valence-electron chi connectivity index (χ0n) is 18.9. The first-order valence-corrected chi connectivity index (χ1v) is 11.4. The Hall–Kier alpha value is -3.53. The van der Waals surface area contributed by atoms with E-state index in [-0.39, 0.29) is 21.8 Å². The fourth-order valence-corrected chi connectivity index (χ4v) is 4.31. The maximum Gasteiger partial charge on any atom is 0.315 e. The number of Topliss-reactive ketones (excluding diaryl/α,β-unsaturated/α-hetero) is 1. The van der Waals surface area contributed by atoms with E-state index in [1.807, 2.05) is 0 Å². The molecule has 0 spiro atoms. The molecule has 0 aliphatic carbocycles. The smallest absolute Gasteiger partial charge is 0.315 e. The number of fused-ring (bicyclic) bond motifs is 1. The van der Waals surface area contributed by atoms with Crippen LogP contribution in [0.3, 0.4) is 0 Å². The molecule has 0 fully saturated rings. The van der Waals surface area contributed by atoms with Crippen molar-refractivity contribution < 1.29 is 37.0 Å². The Morgan fingerprint density at radius 3 is 2.21 bits per heavy atom. The normalized spacial score (nSPS) is 17.1. The van der Waals surface area contributed by atoms with Crippen molar-refractivity contribution in [1.82, 2.24) is 4.72 Å². The van der Waals surface area contributed by atoms with Gasteiger partial charge in [0.2, 0.25) is 0 Å². The highest BCUT2D eigenvalue weighted by Crippen LogP contribution is 2.40. The Balaban J connectivity index is 2.06. The van der Waals surface area contributed by atoms with Gasteiger partial charge >= 0.3 is 5.97 Å². The Morgan fingerprint density at radius 1 is 1.03 bits per heavy atom. The molecule has 2 aromatic rings. The van der Waals surface area contributed by atoms with Gasteiger partial charge in [-0.2, -0.15) is 0 Å². The van der Waals surface area contributed by atoms with E-state index < -0.39 is 33.3 Å². The fourth-order valence-electron chi connectivity index (χ4n) is 3.39. The van der Waals surface area contributed by atoms with Gasteiger partial charge in [-0.3, -0.25) is 14.3 Å². The number of ketones is 1. The minimum Gasteiger partial charge on any atom is -0.497 e. The fraction of sp³-hybridized carbons (Fsp3) is 0.304. The van der Waals surface area contributed by atoms with Gasteiger partial charge in [0, 0.05) is 6.20 Å². The first kappa shape index (κ1) is 24.1. The molecule has 3 rings (SSSR count). The molecule has 1 unspecified atom stereocenters. The summed E-state index contributed by atoms with van der Waals surface area (Å²) in [6.45, 7) is 3.11. The van der Waals surface area contributed by atoms with Crippen LogP contribution >= 0.6 is 0 Å². The molecule has 1 aliphatic rings. The lowest BCUT2D eigenvalue weighted by Crippen LogP contribution is -2.47. The molecule has 1 heterocycles. The Bertz CT molecular complexity index is 1200. The number of ether oxygens (including phenoxy) is 4. The van der Waals surface area contributed by atoms with Crippen LogP contribution in [0.1, 0.15) is 24.2 Å². The first-order chi connectivity index (χ1) is 15.5. The largest absolute Gasteiger partial charge is 0.497 e. The van der Waals surface area contributed by atoms with E-state index >= 15 is 0 Å². The molecule has 33 heavy (non-hydrogen) atoms. The number of sulfonamides is 1. The Morgan fingerprint density at radius 2 is 1.64 bits per heavy atom. The summed E-state index contributed by atoms with van der Waals surface area (Å²) in [7, 11) is 0.128. The number of esters is 1. The van der Waals surface area contributed by atoms with E-state index in [2.05, 4.69) is 4.72 Å². The van der Waals surface area contributed by atoms with Crippen molar-refractivity contribution >= 4 is 21.8 Å². The summed E-state index contributed by atoms with van der Waals surface area (Å²) in [5, 5.41) is 0. The van der Waals surface area contributed by atoms with Crippen LogP contribution in [-0.4, -0.2) is 47.6 Å². The third-order valence-electron chi connectivity index (χ3n) is 5.33. The molecular formula is C23H25NO8S. The van der Waals surface area contributed by atoms with Gasteiger partial charge < -0.3 is 18.9 Å².